The number of nitrogens with zero attached hydrogens (tertiary/aromatic N) is 2. The van der Waals surface area contributed by atoms with E-state index in [9.17, 15) is 5.11 Å². The standard InChI is InChI=1S/C13H19N3O/c14-12-10(4-3-7-15-12)13(17)6-9-16-8-2-1-5-11(13)16/h3-4,7,11,17H,1-2,5-6,8-9H2,(H2,14,15). The number of piperidine rings is 1. The molecule has 0 amide bonds. The lowest BCUT2D eigenvalue weighted by molar-refractivity contribution is -0.0133. The van der Waals surface area contributed by atoms with Crippen molar-refractivity contribution in [1.82, 2.24) is 9.88 Å². The molecule has 1 aromatic heterocycles. The van der Waals surface area contributed by atoms with Gasteiger partial charge in [0.05, 0.1) is 0 Å². The van der Waals surface area contributed by atoms with Crippen molar-refractivity contribution in [2.75, 3.05) is 18.8 Å². The van der Waals surface area contributed by atoms with Crippen molar-refractivity contribution in [3.63, 3.8) is 0 Å². The molecule has 2 aliphatic heterocycles. The van der Waals surface area contributed by atoms with Crippen LogP contribution in [0.15, 0.2) is 18.3 Å². The summed E-state index contributed by atoms with van der Waals surface area (Å²) >= 11 is 0. The lowest BCUT2D eigenvalue weighted by Gasteiger charge is -2.37. The Labute approximate surface area is 101 Å². The highest BCUT2D eigenvalue weighted by Gasteiger charge is 2.48. The Balaban J connectivity index is 1.98. The smallest absolute Gasteiger partial charge is 0.129 e. The fraction of sp³-hybridized carbons (Fsp3) is 0.615. The van der Waals surface area contributed by atoms with Crippen LogP contribution in [0.2, 0.25) is 0 Å². The van der Waals surface area contributed by atoms with Crippen molar-refractivity contribution < 1.29 is 5.11 Å². The van der Waals surface area contributed by atoms with Gasteiger partial charge in [0.1, 0.15) is 11.4 Å². The minimum Gasteiger partial charge on any atom is -0.383 e. The highest BCUT2D eigenvalue weighted by molar-refractivity contribution is 5.44. The monoisotopic (exact) mass is 233 g/mol. The van der Waals surface area contributed by atoms with Gasteiger partial charge in [-0.3, -0.25) is 4.90 Å². The second-order valence-electron chi connectivity index (χ2n) is 5.16. The second-order valence-corrected chi connectivity index (χ2v) is 5.16. The van der Waals surface area contributed by atoms with E-state index in [0.717, 1.165) is 31.5 Å². The van der Waals surface area contributed by atoms with Crippen molar-refractivity contribution in [3.8, 4) is 0 Å². The van der Waals surface area contributed by atoms with E-state index in [1.54, 1.807) is 6.20 Å². The molecule has 4 heteroatoms. The molecule has 0 saturated carbocycles. The molecule has 4 nitrogen and oxygen atoms in total. The predicted octanol–water partition coefficient (Wildman–Crippen LogP) is 1.11. The van der Waals surface area contributed by atoms with Gasteiger partial charge in [0.15, 0.2) is 0 Å². The molecule has 0 spiro atoms. The normalized spacial score (nSPS) is 33.6. The molecule has 3 heterocycles. The first kappa shape index (κ1) is 11.0. The first-order chi connectivity index (χ1) is 8.22. The van der Waals surface area contributed by atoms with Crippen LogP contribution in [0.5, 0.6) is 0 Å². The van der Waals surface area contributed by atoms with Crippen LogP contribution >= 0.6 is 0 Å². The first-order valence-corrected chi connectivity index (χ1v) is 6.39. The van der Waals surface area contributed by atoms with Crippen molar-refractivity contribution in [1.29, 1.82) is 0 Å². The number of hydrogen-bond acceptors (Lipinski definition) is 4. The van der Waals surface area contributed by atoms with Crippen LogP contribution in [0.3, 0.4) is 0 Å². The maximum absolute atomic E-state index is 11.0. The molecule has 2 aliphatic rings. The average molecular weight is 233 g/mol. The van der Waals surface area contributed by atoms with Gasteiger partial charge in [0.25, 0.3) is 0 Å². The highest BCUT2D eigenvalue weighted by Crippen LogP contribution is 2.43. The molecule has 2 atom stereocenters. The zero-order valence-corrected chi connectivity index (χ0v) is 9.97. The Morgan fingerprint density at radius 2 is 2.29 bits per heavy atom. The van der Waals surface area contributed by atoms with Crippen LogP contribution in [0.1, 0.15) is 31.2 Å². The fourth-order valence-corrected chi connectivity index (χ4v) is 3.38. The number of hydrogen-bond donors (Lipinski definition) is 2. The number of nitrogen functional groups attached to an aromatic ring is 1. The molecule has 92 valence electrons. The summed E-state index contributed by atoms with van der Waals surface area (Å²) in [6, 6.07) is 4.00. The van der Waals surface area contributed by atoms with Gasteiger partial charge >= 0.3 is 0 Å². The number of nitrogens with two attached hydrogens (primary N) is 1. The predicted molar refractivity (Wildman–Crippen MR) is 66.4 cm³/mol. The Kier molecular flexibility index (Phi) is 2.56. The number of aromatic nitrogens is 1. The lowest BCUT2D eigenvalue weighted by atomic mass is 9.83. The van der Waals surface area contributed by atoms with Gasteiger partial charge in [0.2, 0.25) is 0 Å². The summed E-state index contributed by atoms with van der Waals surface area (Å²) in [5.41, 5.74) is 5.94. The number of anilines is 1. The van der Waals surface area contributed by atoms with Gasteiger partial charge in [0, 0.05) is 24.3 Å². The number of aliphatic hydroxyl groups is 1. The molecule has 2 unspecified atom stereocenters. The van der Waals surface area contributed by atoms with Crippen LogP contribution in [-0.4, -0.2) is 34.1 Å². The molecule has 1 aromatic rings. The Hall–Kier alpha value is -1.13. The summed E-state index contributed by atoms with van der Waals surface area (Å²) < 4.78 is 0. The largest absolute Gasteiger partial charge is 0.383 e. The Morgan fingerprint density at radius 1 is 1.41 bits per heavy atom. The Bertz CT molecular complexity index is 423. The SMILES string of the molecule is Nc1ncccc1C1(O)CCN2CCCCC21. The molecule has 3 N–H and O–H groups in total. The number of fused-ring (bicyclic) bond motifs is 1. The van der Waals surface area contributed by atoms with Crippen LogP contribution in [0.25, 0.3) is 0 Å². The maximum atomic E-state index is 11.0. The third kappa shape index (κ3) is 1.63. The highest BCUT2D eigenvalue weighted by atomic mass is 16.3. The lowest BCUT2D eigenvalue weighted by Crippen LogP contribution is -2.45. The molecule has 0 bridgehead atoms. The van der Waals surface area contributed by atoms with Crippen molar-refractivity contribution >= 4 is 5.82 Å². The van der Waals surface area contributed by atoms with Crippen LogP contribution in [0, 0.1) is 0 Å². The Morgan fingerprint density at radius 3 is 3.12 bits per heavy atom. The van der Waals surface area contributed by atoms with E-state index >= 15 is 0 Å². The van der Waals surface area contributed by atoms with Crippen LogP contribution in [0.4, 0.5) is 5.82 Å². The van der Waals surface area contributed by atoms with E-state index in [1.165, 1.54) is 12.8 Å². The second kappa shape index (κ2) is 3.96. The van der Waals surface area contributed by atoms with Gasteiger partial charge in [-0.15, -0.1) is 0 Å². The fourth-order valence-electron chi connectivity index (χ4n) is 3.38. The molecule has 17 heavy (non-hydrogen) atoms. The van der Waals surface area contributed by atoms with Crippen LogP contribution in [-0.2, 0) is 5.60 Å². The minimum atomic E-state index is -0.793. The van der Waals surface area contributed by atoms with Gasteiger partial charge in [-0.25, -0.2) is 4.98 Å². The molecule has 3 rings (SSSR count). The quantitative estimate of drug-likeness (QED) is 0.762. The zero-order chi connectivity index (χ0) is 11.9. The minimum absolute atomic E-state index is 0.225. The van der Waals surface area contributed by atoms with Crippen molar-refractivity contribution in [3.05, 3.63) is 23.9 Å². The number of rotatable bonds is 1. The summed E-state index contributed by atoms with van der Waals surface area (Å²) in [4.78, 5) is 6.50. The maximum Gasteiger partial charge on any atom is 0.129 e. The molecule has 0 radical (unpaired) electrons. The molecule has 0 aliphatic carbocycles. The summed E-state index contributed by atoms with van der Waals surface area (Å²) in [6.07, 6.45) is 5.95. The summed E-state index contributed by atoms with van der Waals surface area (Å²) in [5.74, 6) is 0.474. The summed E-state index contributed by atoms with van der Waals surface area (Å²) in [7, 11) is 0. The first-order valence-electron chi connectivity index (χ1n) is 6.39. The van der Waals surface area contributed by atoms with Crippen molar-refractivity contribution in [2.24, 2.45) is 0 Å². The van der Waals surface area contributed by atoms with Gasteiger partial charge < -0.3 is 10.8 Å². The van der Waals surface area contributed by atoms with E-state index in [4.69, 9.17) is 5.73 Å². The van der Waals surface area contributed by atoms with Gasteiger partial charge in [-0.1, -0.05) is 12.5 Å². The molecular weight excluding hydrogens is 214 g/mol. The molecule has 2 saturated heterocycles. The van der Waals surface area contributed by atoms with Gasteiger partial charge in [-0.05, 0) is 31.9 Å². The molecule has 2 fully saturated rings. The van der Waals surface area contributed by atoms with E-state index in [-0.39, 0.29) is 6.04 Å². The molecule has 0 aromatic carbocycles. The molecular formula is C13H19N3O. The average Bonchev–Trinajstić information content (AvgIpc) is 2.70. The summed E-state index contributed by atoms with van der Waals surface area (Å²) in [6.45, 7) is 2.07. The van der Waals surface area contributed by atoms with E-state index in [0.29, 0.717) is 5.82 Å². The van der Waals surface area contributed by atoms with Crippen LogP contribution < -0.4 is 5.73 Å². The van der Waals surface area contributed by atoms with E-state index in [2.05, 4.69) is 9.88 Å². The number of pyridine rings is 1. The van der Waals surface area contributed by atoms with E-state index in [1.807, 2.05) is 12.1 Å². The third-order valence-corrected chi connectivity index (χ3v) is 4.25. The topological polar surface area (TPSA) is 62.4 Å². The van der Waals surface area contributed by atoms with E-state index < -0.39 is 5.60 Å². The van der Waals surface area contributed by atoms with Crippen molar-refractivity contribution in [2.45, 2.75) is 37.3 Å². The summed E-state index contributed by atoms with van der Waals surface area (Å²) in [5, 5.41) is 11.0. The third-order valence-electron chi connectivity index (χ3n) is 4.25. The zero-order valence-electron chi connectivity index (χ0n) is 9.97. The van der Waals surface area contributed by atoms with Gasteiger partial charge in [-0.2, -0.15) is 0 Å².